The zero-order valence-corrected chi connectivity index (χ0v) is 9.94. The summed E-state index contributed by atoms with van der Waals surface area (Å²) in [4.78, 5) is 2.34. The molecule has 0 bridgehead atoms. The summed E-state index contributed by atoms with van der Waals surface area (Å²) in [5.74, 6) is 0.402. The molecule has 0 spiro atoms. The maximum atomic E-state index is 9.93. The molecule has 0 aliphatic carbocycles. The van der Waals surface area contributed by atoms with Crippen molar-refractivity contribution >= 4 is 0 Å². The van der Waals surface area contributed by atoms with Gasteiger partial charge in [-0.05, 0) is 25.5 Å². The first-order chi connectivity index (χ1) is 7.68. The lowest BCUT2D eigenvalue weighted by molar-refractivity contribution is 0.0194. The Morgan fingerprint density at radius 3 is 2.62 bits per heavy atom. The first kappa shape index (κ1) is 11.4. The van der Waals surface area contributed by atoms with E-state index in [1.165, 1.54) is 0 Å². The molecule has 0 saturated carbocycles. The highest BCUT2D eigenvalue weighted by Crippen LogP contribution is 2.29. The number of aryl methyl sites for hydroxylation is 1. The maximum absolute atomic E-state index is 9.93. The summed E-state index contributed by atoms with van der Waals surface area (Å²) in [6.45, 7) is 7.58. The third kappa shape index (κ3) is 2.36. The van der Waals surface area contributed by atoms with Crippen molar-refractivity contribution in [1.29, 1.82) is 0 Å². The van der Waals surface area contributed by atoms with Gasteiger partial charge in [0.15, 0.2) is 0 Å². The molecule has 1 aliphatic rings. The highest BCUT2D eigenvalue weighted by atomic mass is 16.5. The second kappa shape index (κ2) is 4.85. The van der Waals surface area contributed by atoms with Crippen LogP contribution in [-0.4, -0.2) is 36.3 Å². The second-order valence-corrected chi connectivity index (χ2v) is 4.39. The highest BCUT2D eigenvalue weighted by Gasteiger charge is 2.20. The molecule has 3 heteroatoms. The third-order valence-electron chi connectivity index (χ3n) is 3.23. The molecule has 1 aromatic carbocycles. The van der Waals surface area contributed by atoms with Crippen LogP contribution in [-0.2, 0) is 4.74 Å². The van der Waals surface area contributed by atoms with Crippen molar-refractivity contribution in [3.8, 4) is 5.75 Å². The summed E-state index contributed by atoms with van der Waals surface area (Å²) in [5, 5.41) is 9.93. The van der Waals surface area contributed by atoms with E-state index in [0.29, 0.717) is 5.75 Å². The van der Waals surface area contributed by atoms with E-state index < -0.39 is 0 Å². The Bertz CT molecular complexity index is 359. The summed E-state index contributed by atoms with van der Waals surface area (Å²) < 4.78 is 5.33. The molecule has 16 heavy (non-hydrogen) atoms. The standard InChI is InChI=1S/C13H19NO2/c1-10-3-4-12(13(15)9-10)11(2)14-5-7-16-8-6-14/h3-4,9,11,15H,5-8H2,1-2H3. The van der Waals surface area contributed by atoms with Crippen LogP contribution >= 0.6 is 0 Å². The van der Waals surface area contributed by atoms with Crippen molar-refractivity contribution in [2.45, 2.75) is 19.9 Å². The third-order valence-corrected chi connectivity index (χ3v) is 3.23. The van der Waals surface area contributed by atoms with Gasteiger partial charge in [-0.2, -0.15) is 0 Å². The fourth-order valence-corrected chi connectivity index (χ4v) is 2.17. The minimum Gasteiger partial charge on any atom is -0.508 e. The first-order valence-electron chi connectivity index (χ1n) is 5.80. The van der Waals surface area contributed by atoms with E-state index in [9.17, 15) is 5.11 Å². The van der Waals surface area contributed by atoms with E-state index in [-0.39, 0.29) is 6.04 Å². The highest BCUT2D eigenvalue weighted by molar-refractivity contribution is 5.37. The molecule has 1 N–H and O–H groups in total. The Kier molecular flexibility index (Phi) is 3.46. The Morgan fingerprint density at radius 1 is 1.31 bits per heavy atom. The Morgan fingerprint density at radius 2 is 2.00 bits per heavy atom. The van der Waals surface area contributed by atoms with Crippen LogP contribution in [0.1, 0.15) is 24.1 Å². The van der Waals surface area contributed by atoms with Gasteiger partial charge in [0.1, 0.15) is 5.75 Å². The van der Waals surface area contributed by atoms with Crippen LogP contribution in [0.3, 0.4) is 0 Å². The second-order valence-electron chi connectivity index (χ2n) is 4.39. The first-order valence-corrected chi connectivity index (χ1v) is 5.80. The van der Waals surface area contributed by atoms with Gasteiger partial charge < -0.3 is 9.84 Å². The minimum atomic E-state index is 0.254. The smallest absolute Gasteiger partial charge is 0.120 e. The number of rotatable bonds is 2. The number of aromatic hydroxyl groups is 1. The summed E-state index contributed by atoms with van der Waals surface area (Å²) in [5.41, 5.74) is 2.10. The van der Waals surface area contributed by atoms with Crippen LogP contribution in [0.5, 0.6) is 5.75 Å². The van der Waals surface area contributed by atoms with Crippen molar-refractivity contribution in [2.24, 2.45) is 0 Å². The van der Waals surface area contributed by atoms with Crippen molar-refractivity contribution in [2.75, 3.05) is 26.3 Å². The van der Waals surface area contributed by atoms with Crippen LogP contribution in [0, 0.1) is 6.92 Å². The zero-order chi connectivity index (χ0) is 11.5. The maximum Gasteiger partial charge on any atom is 0.120 e. The number of ether oxygens (including phenoxy) is 1. The van der Waals surface area contributed by atoms with Gasteiger partial charge >= 0.3 is 0 Å². The lowest BCUT2D eigenvalue weighted by Gasteiger charge is -2.32. The number of hydrogen-bond donors (Lipinski definition) is 1. The van der Waals surface area contributed by atoms with Gasteiger partial charge in [0.2, 0.25) is 0 Å². The number of morpholine rings is 1. The van der Waals surface area contributed by atoms with Crippen LogP contribution < -0.4 is 0 Å². The van der Waals surface area contributed by atoms with E-state index in [2.05, 4.69) is 11.8 Å². The molecule has 1 fully saturated rings. The minimum absolute atomic E-state index is 0.254. The predicted molar refractivity (Wildman–Crippen MR) is 63.7 cm³/mol. The average molecular weight is 221 g/mol. The van der Waals surface area contributed by atoms with E-state index in [1.54, 1.807) is 0 Å². The number of benzene rings is 1. The fourth-order valence-electron chi connectivity index (χ4n) is 2.17. The lowest BCUT2D eigenvalue weighted by atomic mass is 10.0. The molecular weight excluding hydrogens is 202 g/mol. The van der Waals surface area contributed by atoms with Crippen LogP contribution in [0.25, 0.3) is 0 Å². The quantitative estimate of drug-likeness (QED) is 0.830. The molecule has 1 unspecified atom stereocenters. The molecule has 0 amide bonds. The van der Waals surface area contributed by atoms with Gasteiger partial charge in [0.05, 0.1) is 13.2 Å². The zero-order valence-electron chi connectivity index (χ0n) is 9.94. The normalized spacial score (nSPS) is 19.6. The molecule has 88 valence electrons. The van der Waals surface area contributed by atoms with E-state index in [1.807, 2.05) is 25.1 Å². The number of hydrogen-bond acceptors (Lipinski definition) is 3. The molecule has 0 radical (unpaired) electrons. The van der Waals surface area contributed by atoms with Crippen LogP contribution in [0.15, 0.2) is 18.2 Å². The molecule has 2 rings (SSSR count). The molecule has 1 saturated heterocycles. The molecule has 1 aromatic rings. The van der Waals surface area contributed by atoms with Crippen LogP contribution in [0.2, 0.25) is 0 Å². The van der Waals surface area contributed by atoms with Gasteiger partial charge in [-0.1, -0.05) is 12.1 Å². The molecule has 0 aromatic heterocycles. The summed E-state index contributed by atoms with van der Waals surface area (Å²) in [6, 6.07) is 6.15. The largest absolute Gasteiger partial charge is 0.508 e. The summed E-state index contributed by atoms with van der Waals surface area (Å²) in [6.07, 6.45) is 0. The summed E-state index contributed by atoms with van der Waals surface area (Å²) in [7, 11) is 0. The number of phenolic OH excluding ortho intramolecular Hbond substituents is 1. The lowest BCUT2D eigenvalue weighted by Crippen LogP contribution is -2.38. The van der Waals surface area contributed by atoms with E-state index >= 15 is 0 Å². The summed E-state index contributed by atoms with van der Waals surface area (Å²) >= 11 is 0. The Balaban J connectivity index is 2.15. The topological polar surface area (TPSA) is 32.7 Å². The molecule has 3 nitrogen and oxygen atoms in total. The van der Waals surface area contributed by atoms with Crippen molar-refractivity contribution in [3.63, 3.8) is 0 Å². The average Bonchev–Trinajstić information content (AvgIpc) is 2.29. The van der Waals surface area contributed by atoms with Gasteiger partial charge in [0, 0.05) is 24.7 Å². The monoisotopic (exact) mass is 221 g/mol. The van der Waals surface area contributed by atoms with Gasteiger partial charge in [-0.3, -0.25) is 4.90 Å². The predicted octanol–water partition coefficient (Wildman–Crippen LogP) is 2.09. The van der Waals surface area contributed by atoms with Gasteiger partial charge in [-0.25, -0.2) is 0 Å². The van der Waals surface area contributed by atoms with E-state index in [0.717, 1.165) is 37.4 Å². The van der Waals surface area contributed by atoms with Crippen LogP contribution in [0.4, 0.5) is 0 Å². The van der Waals surface area contributed by atoms with Crippen molar-refractivity contribution in [1.82, 2.24) is 4.90 Å². The number of nitrogens with zero attached hydrogens (tertiary/aromatic N) is 1. The van der Waals surface area contributed by atoms with Gasteiger partial charge in [0.25, 0.3) is 0 Å². The van der Waals surface area contributed by atoms with E-state index in [4.69, 9.17) is 4.74 Å². The molecular formula is C13H19NO2. The Labute approximate surface area is 96.6 Å². The van der Waals surface area contributed by atoms with Crippen molar-refractivity contribution < 1.29 is 9.84 Å². The molecule has 1 aliphatic heterocycles. The molecule has 1 heterocycles. The fraction of sp³-hybridized carbons (Fsp3) is 0.538. The Hall–Kier alpha value is -1.06. The molecule has 1 atom stereocenters. The SMILES string of the molecule is Cc1ccc(C(C)N2CCOCC2)c(O)c1. The van der Waals surface area contributed by atoms with Crippen molar-refractivity contribution in [3.05, 3.63) is 29.3 Å². The number of phenols is 1. The van der Waals surface area contributed by atoms with Gasteiger partial charge in [-0.15, -0.1) is 0 Å².